The van der Waals surface area contributed by atoms with Crippen LogP contribution < -0.4 is 5.32 Å². The van der Waals surface area contributed by atoms with E-state index in [1.807, 2.05) is 0 Å². The topological polar surface area (TPSA) is 81.0 Å². The normalized spacial score (nSPS) is 10.8. The quantitative estimate of drug-likeness (QED) is 0.371. The highest BCUT2D eigenvalue weighted by Gasteiger charge is 2.18. The summed E-state index contributed by atoms with van der Waals surface area (Å²) in [6.07, 6.45) is 1.13. The van der Waals surface area contributed by atoms with Crippen LogP contribution in [0.1, 0.15) is 0 Å². The highest BCUT2D eigenvalue weighted by Crippen LogP contribution is 2.32. The summed E-state index contributed by atoms with van der Waals surface area (Å²) in [7, 11) is 0. The number of halogens is 4. The minimum absolute atomic E-state index is 0.00942. The van der Waals surface area contributed by atoms with Crippen molar-refractivity contribution in [1.82, 2.24) is 9.97 Å². The van der Waals surface area contributed by atoms with Gasteiger partial charge < -0.3 is 5.32 Å². The Morgan fingerprint density at radius 3 is 2.62 bits per heavy atom. The third-order valence-electron chi connectivity index (χ3n) is 3.16. The number of nitro benzene ring substituents is 1. The maximum atomic E-state index is 14.0. The van der Waals surface area contributed by atoms with Crippen LogP contribution in [0.2, 0.25) is 5.02 Å². The van der Waals surface area contributed by atoms with Crippen molar-refractivity contribution in [3.8, 4) is 0 Å². The zero-order valence-corrected chi connectivity index (χ0v) is 13.9. The van der Waals surface area contributed by atoms with Crippen LogP contribution in [0.15, 0.2) is 35.1 Å². The number of anilines is 2. The first-order valence-corrected chi connectivity index (χ1v) is 7.54. The highest BCUT2D eigenvalue weighted by atomic mass is 79.9. The third kappa shape index (κ3) is 3.00. The number of nitro groups is 1. The Kier molecular flexibility index (Phi) is 4.29. The molecule has 0 atom stereocenters. The van der Waals surface area contributed by atoms with Crippen molar-refractivity contribution in [1.29, 1.82) is 0 Å². The first kappa shape index (κ1) is 16.5. The second-order valence-corrected chi connectivity index (χ2v) is 5.93. The summed E-state index contributed by atoms with van der Waals surface area (Å²) in [5.41, 5.74) is -0.580. The molecule has 0 radical (unpaired) electrons. The van der Waals surface area contributed by atoms with Gasteiger partial charge in [0, 0.05) is 16.6 Å². The lowest BCUT2D eigenvalue weighted by Gasteiger charge is -2.10. The van der Waals surface area contributed by atoms with Crippen molar-refractivity contribution in [3.05, 3.63) is 61.8 Å². The molecule has 0 spiro atoms. The Balaban J connectivity index is 2.15. The van der Waals surface area contributed by atoms with E-state index in [1.54, 1.807) is 0 Å². The van der Waals surface area contributed by atoms with Crippen LogP contribution in [-0.4, -0.2) is 14.9 Å². The van der Waals surface area contributed by atoms with Gasteiger partial charge in [0.25, 0.3) is 0 Å². The third-order valence-corrected chi connectivity index (χ3v) is 4.36. The number of nitrogens with zero attached hydrogens (tertiary/aromatic N) is 3. The molecule has 0 amide bonds. The van der Waals surface area contributed by atoms with E-state index in [-0.39, 0.29) is 27.4 Å². The van der Waals surface area contributed by atoms with E-state index in [0.29, 0.717) is 4.47 Å². The molecule has 6 nitrogen and oxygen atoms in total. The molecule has 0 aliphatic heterocycles. The van der Waals surface area contributed by atoms with Crippen LogP contribution >= 0.6 is 27.5 Å². The molecule has 0 saturated heterocycles. The molecule has 0 aliphatic carbocycles. The number of hydrogen-bond donors (Lipinski definition) is 1. The summed E-state index contributed by atoms with van der Waals surface area (Å²) in [4.78, 5) is 17.8. The number of aromatic nitrogens is 2. The second kappa shape index (κ2) is 6.25. The van der Waals surface area contributed by atoms with E-state index >= 15 is 0 Å². The van der Waals surface area contributed by atoms with Gasteiger partial charge >= 0.3 is 5.69 Å². The van der Waals surface area contributed by atoms with Gasteiger partial charge in [-0.2, -0.15) is 4.39 Å². The molecule has 122 valence electrons. The molecule has 0 aliphatic rings. The molecule has 1 aromatic heterocycles. The van der Waals surface area contributed by atoms with E-state index in [1.165, 1.54) is 6.07 Å². The van der Waals surface area contributed by atoms with E-state index in [9.17, 15) is 18.9 Å². The molecule has 0 unspecified atom stereocenters. The number of benzene rings is 2. The average molecular weight is 416 g/mol. The van der Waals surface area contributed by atoms with Crippen molar-refractivity contribution in [2.75, 3.05) is 5.32 Å². The summed E-state index contributed by atoms with van der Waals surface area (Å²) in [5.74, 6) is -1.55. The minimum Gasteiger partial charge on any atom is -0.337 e. The van der Waals surface area contributed by atoms with Crippen molar-refractivity contribution < 1.29 is 13.7 Å². The fourth-order valence-electron chi connectivity index (χ4n) is 2.05. The van der Waals surface area contributed by atoms with Gasteiger partial charge in [0.2, 0.25) is 5.82 Å². The fraction of sp³-hybridized carbons (Fsp3) is 0. The molecular formula is C14H6BrClF2N4O2. The standard InChI is InChI=1S/C14H6BrClF2N4O2/c15-7-2-9(17)12(3-8(7)16)21-14-6-1-13(22(23)24)10(18)4-11(6)19-5-20-14/h1-5H,(H,19,20,21). The summed E-state index contributed by atoms with van der Waals surface area (Å²) in [6, 6.07) is 4.40. The lowest BCUT2D eigenvalue weighted by molar-refractivity contribution is -0.387. The monoisotopic (exact) mass is 414 g/mol. The highest BCUT2D eigenvalue weighted by molar-refractivity contribution is 9.10. The van der Waals surface area contributed by atoms with Crippen LogP contribution in [0.5, 0.6) is 0 Å². The summed E-state index contributed by atoms with van der Waals surface area (Å²) >= 11 is 9.03. The molecular weight excluding hydrogens is 410 g/mol. The van der Waals surface area contributed by atoms with Crippen LogP contribution in [0.3, 0.4) is 0 Å². The van der Waals surface area contributed by atoms with Gasteiger partial charge in [-0.05, 0) is 28.1 Å². The Morgan fingerprint density at radius 1 is 1.17 bits per heavy atom. The molecule has 0 saturated carbocycles. The van der Waals surface area contributed by atoms with Crippen molar-refractivity contribution in [3.63, 3.8) is 0 Å². The number of rotatable bonds is 3. The van der Waals surface area contributed by atoms with E-state index in [4.69, 9.17) is 11.6 Å². The maximum absolute atomic E-state index is 14.0. The van der Waals surface area contributed by atoms with Gasteiger partial charge in [0.05, 0.1) is 26.5 Å². The van der Waals surface area contributed by atoms with Crippen LogP contribution in [0.25, 0.3) is 10.9 Å². The molecule has 1 N–H and O–H groups in total. The van der Waals surface area contributed by atoms with Crippen molar-refractivity contribution >= 4 is 55.6 Å². The zero-order valence-electron chi connectivity index (χ0n) is 11.6. The maximum Gasteiger partial charge on any atom is 0.305 e. The van der Waals surface area contributed by atoms with Gasteiger partial charge in [0.15, 0.2) is 0 Å². The van der Waals surface area contributed by atoms with Crippen molar-refractivity contribution in [2.45, 2.75) is 0 Å². The van der Waals surface area contributed by atoms with Crippen LogP contribution in [-0.2, 0) is 0 Å². The fourth-order valence-corrected chi connectivity index (χ4v) is 2.53. The average Bonchev–Trinajstić information content (AvgIpc) is 2.51. The lowest BCUT2D eigenvalue weighted by atomic mass is 10.2. The molecule has 0 bridgehead atoms. The van der Waals surface area contributed by atoms with Gasteiger partial charge in [-0.15, -0.1) is 0 Å². The van der Waals surface area contributed by atoms with Crippen LogP contribution in [0.4, 0.5) is 26.0 Å². The molecule has 3 aromatic rings. The molecule has 1 heterocycles. The number of fused-ring (bicyclic) bond motifs is 1. The molecule has 24 heavy (non-hydrogen) atoms. The molecule has 2 aromatic carbocycles. The summed E-state index contributed by atoms with van der Waals surface area (Å²) < 4.78 is 28.1. The van der Waals surface area contributed by atoms with E-state index in [2.05, 4.69) is 31.2 Å². The summed E-state index contributed by atoms with van der Waals surface area (Å²) in [6.45, 7) is 0. The summed E-state index contributed by atoms with van der Waals surface area (Å²) in [5, 5.41) is 14.0. The van der Waals surface area contributed by atoms with E-state index in [0.717, 1.165) is 24.5 Å². The van der Waals surface area contributed by atoms with E-state index < -0.39 is 22.2 Å². The van der Waals surface area contributed by atoms with Gasteiger partial charge in [-0.3, -0.25) is 10.1 Å². The molecule has 10 heteroatoms. The van der Waals surface area contributed by atoms with Gasteiger partial charge in [-0.1, -0.05) is 11.6 Å². The Bertz CT molecular complexity index is 987. The first-order valence-electron chi connectivity index (χ1n) is 6.37. The smallest absolute Gasteiger partial charge is 0.305 e. The predicted octanol–water partition coefficient (Wildman–Crippen LogP) is 4.98. The number of hydrogen-bond acceptors (Lipinski definition) is 5. The van der Waals surface area contributed by atoms with Crippen LogP contribution in [0, 0.1) is 21.7 Å². The lowest BCUT2D eigenvalue weighted by Crippen LogP contribution is -2.00. The van der Waals surface area contributed by atoms with Gasteiger partial charge in [0.1, 0.15) is 18.0 Å². The SMILES string of the molecule is O=[N+]([O-])c1cc2c(Nc3cc(Cl)c(Br)cc3F)ncnc2cc1F. The number of nitrogens with one attached hydrogen (secondary N) is 1. The largest absolute Gasteiger partial charge is 0.337 e. The minimum atomic E-state index is -1.02. The Morgan fingerprint density at radius 2 is 1.92 bits per heavy atom. The first-order chi connectivity index (χ1) is 11.4. The van der Waals surface area contributed by atoms with Crippen molar-refractivity contribution in [2.24, 2.45) is 0 Å². The molecule has 3 rings (SSSR count). The zero-order chi connectivity index (χ0) is 17.4. The van der Waals surface area contributed by atoms with Gasteiger partial charge in [-0.25, -0.2) is 14.4 Å². The second-order valence-electron chi connectivity index (χ2n) is 4.67. The Labute approximate surface area is 146 Å². The molecule has 0 fully saturated rings. The Hall–Kier alpha value is -2.39. The predicted molar refractivity (Wildman–Crippen MR) is 88.5 cm³/mol.